The van der Waals surface area contributed by atoms with E-state index in [-0.39, 0.29) is 27.9 Å². The molecule has 2 aromatic rings. The van der Waals surface area contributed by atoms with Gasteiger partial charge in [-0.15, -0.1) is 0 Å². The number of rotatable bonds is 7. The van der Waals surface area contributed by atoms with Gasteiger partial charge in [-0.3, -0.25) is 9.59 Å². The molecule has 7 nitrogen and oxygen atoms in total. The van der Waals surface area contributed by atoms with Crippen LogP contribution in [-0.4, -0.2) is 51.7 Å². The summed E-state index contributed by atoms with van der Waals surface area (Å²) in [6.45, 7) is 0.953. The van der Waals surface area contributed by atoms with Crippen LogP contribution in [-0.2, 0) is 21.2 Å². The number of halogens is 1. The van der Waals surface area contributed by atoms with Crippen LogP contribution in [0, 0.1) is 0 Å². The van der Waals surface area contributed by atoms with Crippen LogP contribution in [0.25, 0.3) is 0 Å². The van der Waals surface area contributed by atoms with Crippen molar-refractivity contribution in [2.75, 3.05) is 32.1 Å². The van der Waals surface area contributed by atoms with Crippen LogP contribution >= 0.6 is 11.6 Å². The SMILES string of the molecule is CN(C)S(=O)(=O)c1ccc(Cl)c(C(=O)NCCCC(=O)N2CCc3ccccc32)c1. The van der Waals surface area contributed by atoms with Gasteiger partial charge in [0.15, 0.2) is 0 Å². The van der Waals surface area contributed by atoms with E-state index in [0.717, 1.165) is 16.4 Å². The minimum absolute atomic E-state index is 0.00933. The molecule has 2 amide bonds. The van der Waals surface area contributed by atoms with Crippen molar-refractivity contribution >= 4 is 39.1 Å². The Morgan fingerprint density at radius 2 is 1.90 bits per heavy atom. The van der Waals surface area contributed by atoms with Crippen LogP contribution in [0.15, 0.2) is 47.4 Å². The molecule has 0 bridgehead atoms. The monoisotopic (exact) mass is 449 g/mol. The summed E-state index contributed by atoms with van der Waals surface area (Å²) < 4.78 is 25.6. The lowest BCUT2D eigenvalue weighted by atomic mass is 10.2. The Hall–Kier alpha value is -2.42. The summed E-state index contributed by atoms with van der Waals surface area (Å²) in [5.41, 5.74) is 2.21. The van der Waals surface area contributed by atoms with Gasteiger partial charge in [0, 0.05) is 39.3 Å². The first-order chi connectivity index (χ1) is 14.2. The van der Waals surface area contributed by atoms with E-state index >= 15 is 0 Å². The van der Waals surface area contributed by atoms with Gasteiger partial charge in [-0.1, -0.05) is 29.8 Å². The third-order valence-corrected chi connectivity index (χ3v) is 7.14. The highest BCUT2D eigenvalue weighted by Crippen LogP contribution is 2.28. The maximum atomic E-state index is 12.5. The highest BCUT2D eigenvalue weighted by Gasteiger charge is 2.24. The van der Waals surface area contributed by atoms with Crippen molar-refractivity contribution in [3.63, 3.8) is 0 Å². The molecule has 1 aliphatic heterocycles. The highest BCUT2D eigenvalue weighted by molar-refractivity contribution is 7.89. The van der Waals surface area contributed by atoms with Crippen molar-refractivity contribution in [1.82, 2.24) is 9.62 Å². The van der Waals surface area contributed by atoms with Gasteiger partial charge in [0.2, 0.25) is 15.9 Å². The molecule has 30 heavy (non-hydrogen) atoms. The number of carbonyl (C=O) groups excluding carboxylic acids is 2. The van der Waals surface area contributed by atoms with Gasteiger partial charge in [-0.05, 0) is 42.7 Å². The van der Waals surface area contributed by atoms with Crippen LogP contribution in [0.3, 0.4) is 0 Å². The first-order valence-electron chi connectivity index (χ1n) is 9.60. The van der Waals surface area contributed by atoms with E-state index in [1.54, 1.807) is 4.90 Å². The number of benzene rings is 2. The lowest BCUT2D eigenvalue weighted by molar-refractivity contribution is -0.118. The minimum atomic E-state index is -3.68. The Bertz CT molecular complexity index is 1070. The fourth-order valence-electron chi connectivity index (χ4n) is 3.32. The first kappa shape index (κ1) is 22.3. The summed E-state index contributed by atoms with van der Waals surface area (Å²) >= 11 is 6.09. The number of hydrogen-bond acceptors (Lipinski definition) is 4. The second kappa shape index (κ2) is 9.16. The molecule has 0 saturated heterocycles. The molecular weight excluding hydrogens is 426 g/mol. The molecule has 1 heterocycles. The number of sulfonamides is 1. The zero-order valence-corrected chi connectivity index (χ0v) is 18.5. The Balaban J connectivity index is 1.56. The zero-order chi connectivity index (χ0) is 21.9. The third-order valence-electron chi connectivity index (χ3n) is 5.00. The number of amides is 2. The molecule has 0 unspecified atom stereocenters. The largest absolute Gasteiger partial charge is 0.352 e. The van der Waals surface area contributed by atoms with E-state index in [4.69, 9.17) is 11.6 Å². The lowest BCUT2D eigenvalue weighted by Gasteiger charge is -2.17. The second-order valence-electron chi connectivity index (χ2n) is 7.21. The molecule has 0 radical (unpaired) electrons. The number of nitrogens with zero attached hydrogens (tertiary/aromatic N) is 2. The Kier molecular flexibility index (Phi) is 6.80. The van der Waals surface area contributed by atoms with Gasteiger partial charge in [-0.25, -0.2) is 12.7 Å². The maximum Gasteiger partial charge on any atom is 0.252 e. The summed E-state index contributed by atoms with van der Waals surface area (Å²) in [6, 6.07) is 11.9. The molecular formula is C21H24ClN3O4S. The smallest absolute Gasteiger partial charge is 0.252 e. The maximum absolute atomic E-state index is 12.5. The Labute approximate surface area is 181 Å². The van der Waals surface area contributed by atoms with E-state index in [9.17, 15) is 18.0 Å². The quantitative estimate of drug-likeness (QED) is 0.658. The van der Waals surface area contributed by atoms with Gasteiger partial charge >= 0.3 is 0 Å². The van der Waals surface area contributed by atoms with Gasteiger partial charge in [0.25, 0.3) is 5.91 Å². The number of hydrogen-bond donors (Lipinski definition) is 1. The second-order valence-corrected chi connectivity index (χ2v) is 9.77. The molecule has 0 atom stereocenters. The molecule has 1 aliphatic rings. The van der Waals surface area contributed by atoms with Crippen LogP contribution in [0.1, 0.15) is 28.8 Å². The molecule has 0 aliphatic carbocycles. The Morgan fingerprint density at radius 1 is 1.17 bits per heavy atom. The topological polar surface area (TPSA) is 86.8 Å². The molecule has 1 N–H and O–H groups in total. The van der Waals surface area contributed by atoms with Gasteiger partial charge in [0.1, 0.15) is 0 Å². The van der Waals surface area contributed by atoms with Gasteiger partial charge in [-0.2, -0.15) is 0 Å². The molecule has 9 heteroatoms. The van der Waals surface area contributed by atoms with E-state index < -0.39 is 15.9 Å². The molecule has 2 aromatic carbocycles. The summed E-state index contributed by atoms with van der Waals surface area (Å²) in [4.78, 5) is 26.8. The van der Waals surface area contributed by atoms with Crippen LogP contribution in [0.4, 0.5) is 5.69 Å². The van der Waals surface area contributed by atoms with Crippen LogP contribution in [0.5, 0.6) is 0 Å². The van der Waals surface area contributed by atoms with Gasteiger partial charge < -0.3 is 10.2 Å². The summed E-state index contributed by atoms with van der Waals surface area (Å²) in [6.07, 6.45) is 1.62. The average molecular weight is 450 g/mol. The van der Waals surface area contributed by atoms with E-state index in [1.165, 1.54) is 37.9 Å². The minimum Gasteiger partial charge on any atom is -0.352 e. The van der Waals surface area contributed by atoms with Crippen molar-refractivity contribution < 1.29 is 18.0 Å². The molecule has 0 spiro atoms. The molecule has 160 valence electrons. The van der Waals surface area contributed by atoms with Crippen molar-refractivity contribution in [1.29, 1.82) is 0 Å². The van der Waals surface area contributed by atoms with Crippen molar-refractivity contribution in [2.45, 2.75) is 24.2 Å². The summed E-state index contributed by atoms with van der Waals surface area (Å²) in [5.74, 6) is -0.457. The number of para-hydroxylation sites is 1. The van der Waals surface area contributed by atoms with Crippen molar-refractivity contribution in [3.05, 3.63) is 58.6 Å². The third kappa shape index (κ3) is 4.66. The first-order valence-corrected chi connectivity index (χ1v) is 11.4. The number of nitrogens with one attached hydrogen (secondary N) is 1. The molecule has 0 fully saturated rings. The average Bonchev–Trinajstić information content (AvgIpc) is 3.15. The normalized spacial score (nSPS) is 13.4. The molecule has 3 rings (SSSR count). The predicted molar refractivity (Wildman–Crippen MR) is 116 cm³/mol. The molecule has 0 aromatic heterocycles. The van der Waals surface area contributed by atoms with Crippen LogP contribution in [0.2, 0.25) is 5.02 Å². The number of fused-ring (bicyclic) bond motifs is 1. The van der Waals surface area contributed by atoms with E-state index in [2.05, 4.69) is 5.32 Å². The van der Waals surface area contributed by atoms with Crippen LogP contribution < -0.4 is 10.2 Å². The lowest BCUT2D eigenvalue weighted by Crippen LogP contribution is -2.30. The van der Waals surface area contributed by atoms with Gasteiger partial charge in [0.05, 0.1) is 15.5 Å². The fraction of sp³-hybridized carbons (Fsp3) is 0.333. The summed E-state index contributed by atoms with van der Waals surface area (Å²) in [5, 5.41) is 2.87. The number of carbonyl (C=O) groups is 2. The zero-order valence-electron chi connectivity index (χ0n) is 16.9. The van der Waals surface area contributed by atoms with E-state index in [0.29, 0.717) is 19.4 Å². The predicted octanol–water partition coefficient (Wildman–Crippen LogP) is 2.69. The summed E-state index contributed by atoms with van der Waals surface area (Å²) in [7, 11) is -0.843. The van der Waals surface area contributed by atoms with E-state index in [1.807, 2.05) is 24.3 Å². The highest BCUT2D eigenvalue weighted by atomic mass is 35.5. The standard InChI is InChI=1S/C21H24ClN3O4S/c1-24(2)30(28,29)16-9-10-18(22)17(14-16)21(27)23-12-5-8-20(26)25-13-11-15-6-3-4-7-19(15)25/h3-4,6-7,9-10,14H,5,8,11-13H2,1-2H3,(H,23,27). The molecule has 0 saturated carbocycles. The van der Waals surface area contributed by atoms with Crippen molar-refractivity contribution in [3.8, 4) is 0 Å². The number of anilines is 1. The van der Waals surface area contributed by atoms with Crippen molar-refractivity contribution in [2.24, 2.45) is 0 Å². The fourth-order valence-corrected chi connectivity index (χ4v) is 4.45. The Morgan fingerprint density at radius 3 is 2.63 bits per heavy atom.